The Morgan fingerprint density at radius 2 is 1.79 bits per heavy atom. The second kappa shape index (κ2) is 8.41. The van der Waals surface area contributed by atoms with Crippen molar-refractivity contribution < 1.29 is 4.79 Å². The van der Waals surface area contributed by atoms with Crippen LogP contribution in [-0.4, -0.2) is 5.78 Å². The van der Waals surface area contributed by atoms with Crippen LogP contribution in [0.5, 0.6) is 0 Å². The van der Waals surface area contributed by atoms with Gasteiger partial charge < -0.3 is 5.73 Å². The van der Waals surface area contributed by atoms with Crippen molar-refractivity contribution in [3.8, 4) is 12.1 Å². The maximum Gasteiger partial charge on any atom is 0.161 e. The average molecular weight is 489 g/mol. The van der Waals surface area contributed by atoms with Crippen molar-refractivity contribution in [1.29, 1.82) is 10.5 Å². The van der Waals surface area contributed by atoms with E-state index in [1.54, 1.807) is 22.7 Å². The lowest BCUT2D eigenvalue weighted by Gasteiger charge is -2.38. The summed E-state index contributed by atoms with van der Waals surface area (Å²) in [7, 11) is 0. The number of hydrogen-bond donors (Lipinski definition) is 1. The van der Waals surface area contributed by atoms with Gasteiger partial charge in [0, 0.05) is 32.3 Å². The molecule has 0 fully saturated rings. The van der Waals surface area contributed by atoms with Gasteiger partial charge in [0.1, 0.15) is 16.9 Å². The van der Waals surface area contributed by atoms with E-state index in [0.717, 1.165) is 53.2 Å². The fraction of sp³-hybridized carbons (Fsp3) is 0.444. The van der Waals surface area contributed by atoms with E-state index in [-0.39, 0.29) is 11.2 Å². The Bertz CT molecular complexity index is 1340. The molecule has 0 saturated carbocycles. The van der Waals surface area contributed by atoms with Gasteiger partial charge in [0.25, 0.3) is 0 Å². The summed E-state index contributed by atoms with van der Waals surface area (Å²) in [5.41, 5.74) is 10.5. The van der Waals surface area contributed by atoms with E-state index in [9.17, 15) is 15.3 Å². The highest BCUT2D eigenvalue weighted by atomic mass is 32.1. The molecule has 174 valence electrons. The second-order valence-electron chi connectivity index (χ2n) is 10.3. The topological polar surface area (TPSA) is 93.9 Å². The van der Waals surface area contributed by atoms with Gasteiger partial charge in [0.15, 0.2) is 5.78 Å². The molecule has 0 aromatic carbocycles. The molecule has 0 bridgehead atoms. The van der Waals surface area contributed by atoms with Gasteiger partial charge in [-0.2, -0.15) is 10.5 Å². The molecule has 1 unspecified atom stereocenters. The van der Waals surface area contributed by atoms with Crippen LogP contribution in [0.3, 0.4) is 0 Å². The molecule has 34 heavy (non-hydrogen) atoms. The fourth-order valence-corrected chi connectivity index (χ4v) is 7.90. The lowest BCUT2D eigenvalue weighted by molar-refractivity contribution is -0.116. The first-order valence-electron chi connectivity index (χ1n) is 11.9. The number of thiophene rings is 2. The van der Waals surface area contributed by atoms with Crippen LogP contribution in [0.4, 0.5) is 5.00 Å². The molecule has 0 saturated heterocycles. The SMILES string of the molecule is CC(C)(C)c1ccc(C2C(C#N)=C(N)N(c3sc4c(c3C#N)CCCC4)C3=C2C(=O)CCC3)s1. The zero-order valence-corrected chi connectivity index (χ0v) is 21.5. The Morgan fingerprint density at radius 1 is 1.03 bits per heavy atom. The molecule has 2 N–H and O–H groups in total. The summed E-state index contributed by atoms with van der Waals surface area (Å²) >= 11 is 3.26. The average Bonchev–Trinajstić information content (AvgIpc) is 3.43. The van der Waals surface area contributed by atoms with Gasteiger partial charge in [0.05, 0.1) is 23.1 Å². The third-order valence-electron chi connectivity index (χ3n) is 7.03. The minimum atomic E-state index is -0.440. The monoisotopic (exact) mass is 488 g/mol. The molecule has 2 aromatic rings. The number of Topliss-reactive ketones (excluding diaryl/α,β-unsaturated/α-hetero) is 1. The minimum absolute atomic E-state index is 0.0167. The molecular weight excluding hydrogens is 460 g/mol. The normalized spacial score (nSPS) is 20.7. The first kappa shape index (κ1) is 22.9. The van der Waals surface area contributed by atoms with E-state index in [1.165, 1.54) is 9.75 Å². The summed E-state index contributed by atoms with van der Waals surface area (Å²) in [6.45, 7) is 6.50. The van der Waals surface area contributed by atoms with E-state index < -0.39 is 5.92 Å². The molecule has 0 amide bonds. The zero-order chi connectivity index (χ0) is 24.2. The summed E-state index contributed by atoms with van der Waals surface area (Å²) in [5, 5.41) is 21.2. The van der Waals surface area contributed by atoms with E-state index in [0.29, 0.717) is 35.4 Å². The van der Waals surface area contributed by atoms with Gasteiger partial charge in [-0.3, -0.25) is 9.69 Å². The van der Waals surface area contributed by atoms with Crippen LogP contribution in [0.25, 0.3) is 0 Å². The Balaban J connectivity index is 1.73. The standard InChI is InChI=1S/C27H28N4OS2/c1-27(2,3)22-12-11-21(33-22)23-17(14-29)25(30)31(18-8-6-9-19(32)24(18)23)26-16(13-28)15-7-4-5-10-20(15)34-26/h11-12,23H,4-10,30H2,1-3H3. The van der Waals surface area contributed by atoms with Gasteiger partial charge in [-0.25, -0.2) is 0 Å². The number of carbonyl (C=O) groups is 1. The van der Waals surface area contributed by atoms with Crippen molar-refractivity contribution >= 4 is 33.5 Å². The van der Waals surface area contributed by atoms with Crippen molar-refractivity contribution in [2.45, 2.75) is 77.0 Å². The maximum atomic E-state index is 13.4. The van der Waals surface area contributed by atoms with Crippen molar-refractivity contribution in [3.63, 3.8) is 0 Å². The smallest absolute Gasteiger partial charge is 0.161 e. The maximum absolute atomic E-state index is 13.4. The largest absolute Gasteiger partial charge is 0.384 e. The molecule has 0 radical (unpaired) electrons. The van der Waals surface area contributed by atoms with Gasteiger partial charge in [-0.1, -0.05) is 20.8 Å². The number of anilines is 1. The van der Waals surface area contributed by atoms with Gasteiger partial charge in [0.2, 0.25) is 0 Å². The lowest BCUT2D eigenvalue weighted by atomic mass is 9.78. The van der Waals surface area contributed by atoms with E-state index in [2.05, 4.69) is 39.0 Å². The van der Waals surface area contributed by atoms with Crippen LogP contribution in [-0.2, 0) is 23.1 Å². The molecule has 5 rings (SSSR count). The second-order valence-corrected chi connectivity index (χ2v) is 12.5. The molecule has 2 aromatic heterocycles. The van der Waals surface area contributed by atoms with E-state index >= 15 is 0 Å². The van der Waals surface area contributed by atoms with E-state index in [1.807, 2.05) is 11.0 Å². The fourth-order valence-electron chi connectivity index (χ4n) is 5.34. The van der Waals surface area contributed by atoms with Gasteiger partial charge in [-0.05, 0) is 61.6 Å². The molecule has 3 aliphatic rings. The summed E-state index contributed by atoms with van der Waals surface area (Å²) in [6.07, 6.45) is 6.00. The van der Waals surface area contributed by atoms with Crippen LogP contribution in [0.15, 0.2) is 34.8 Å². The van der Waals surface area contributed by atoms with Crippen LogP contribution < -0.4 is 10.6 Å². The number of nitriles is 2. The number of nitrogens with zero attached hydrogens (tertiary/aromatic N) is 3. The molecule has 2 aliphatic carbocycles. The first-order chi connectivity index (χ1) is 16.3. The Labute approximate surface area is 208 Å². The van der Waals surface area contributed by atoms with Crippen molar-refractivity contribution in [2.24, 2.45) is 5.73 Å². The van der Waals surface area contributed by atoms with Gasteiger partial charge >= 0.3 is 0 Å². The van der Waals surface area contributed by atoms with Crippen molar-refractivity contribution in [1.82, 2.24) is 0 Å². The number of fused-ring (bicyclic) bond motifs is 1. The molecule has 5 nitrogen and oxygen atoms in total. The Hall–Kier alpha value is -2.87. The number of hydrogen-bond acceptors (Lipinski definition) is 7. The number of carbonyl (C=O) groups excluding carboxylic acids is 1. The Morgan fingerprint density at radius 3 is 2.47 bits per heavy atom. The van der Waals surface area contributed by atoms with Crippen molar-refractivity contribution in [2.75, 3.05) is 4.90 Å². The number of ketones is 1. The van der Waals surface area contributed by atoms with Gasteiger partial charge in [-0.15, -0.1) is 22.7 Å². The van der Waals surface area contributed by atoms with Crippen LogP contribution in [0.1, 0.15) is 84.6 Å². The first-order valence-corrected chi connectivity index (χ1v) is 13.5. The number of aryl methyl sites for hydroxylation is 1. The lowest BCUT2D eigenvalue weighted by Crippen LogP contribution is -2.38. The molecule has 1 aliphatic heterocycles. The molecular formula is C27H28N4OS2. The third-order valence-corrected chi connectivity index (χ3v) is 9.88. The zero-order valence-electron chi connectivity index (χ0n) is 19.8. The number of allylic oxidation sites excluding steroid dienone is 3. The molecule has 1 atom stereocenters. The van der Waals surface area contributed by atoms with Crippen LogP contribution >= 0.6 is 22.7 Å². The summed E-state index contributed by atoms with van der Waals surface area (Å²) < 4.78 is 0. The highest BCUT2D eigenvalue weighted by Crippen LogP contribution is 2.51. The van der Waals surface area contributed by atoms with Crippen molar-refractivity contribution in [3.05, 3.63) is 60.6 Å². The Kier molecular flexibility index (Phi) is 5.67. The highest BCUT2D eigenvalue weighted by molar-refractivity contribution is 7.16. The van der Waals surface area contributed by atoms with Crippen LogP contribution in [0, 0.1) is 22.7 Å². The number of rotatable bonds is 2. The third kappa shape index (κ3) is 3.50. The summed E-state index contributed by atoms with van der Waals surface area (Å²) in [6, 6.07) is 8.94. The summed E-state index contributed by atoms with van der Waals surface area (Å²) in [5.74, 6) is 0.00839. The molecule has 0 spiro atoms. The predicted octanol–water partition coefficient (Wildman–Crippen LogP) is 6.16. The predicted molar refractivity (Wildman–Crippen MR) is 137 cm³/mol. The minimum Gasteiger partial charge on any atom is -0.384 e. The van der Waals surface area contributed by atoms with Crippen LogP contribution in [0.2, 0.25) is 0 Å². The molecule has 3 heterocycles. The number of nitrogens with two attached hydrogens (primary N) is 1. The quantitative estimate of drug-likeness (QED) is 0.546. The van der Waals surface area contributed by atoms with E-state index in [4.69, 9.17) is 5.73 Å². The molecule has 7 heteroatoms. The highest BCUT2D eigenvalue weighted by Gasteiger charge is 2.42. The summed E-state index contributed by atoms with van der Waals surface area (Å²) in [4.78, 5) is 18.7.